The zero-order valence-corrected chi connectivity index (χ0v) is 8.37. The van der Waals surface area contributed by atoms with Gasteiger partial charge in [-0.2, -0.15) is 13.2 Å². The topological polar surface area (TPSA) is 17.1 Å². The molecule has 1 atom stereocenters. The van der Waals surface area contributed by atoms with E-state index in [1.54, 1.807) is 0 Å². The fourth-order valence-electron chi connectivity index (χ4n) is 1.00. The van der Waals surface area contributed by atoms with Crippen LogP contribution < -0.4 is 0 Å². The first-order valence-corrected chi connectivity index (χ1v) is 5.52. The molecule has 0 bridgehead atoms. The van der Waals surface area contributed by atoms with Crippen molar-refractivity contribution in [2.45, 2.75) is 11.9 Å². The molecule has 0 fully saturated rings. The van der Waals surface area contributed by atoms with E-state index in [9.17, 15) is 21.8 Å². The highest BCUT2D eigenvalue weighted by molar-refractivity contribution is 7.84. The predicted octanol–water partition coefficient (Wildman–Crippen LogP) is 2.64. The summed E-state index contributed by atoms with van der Waals surface area (Å²) in [5.74, 6) is -2.01. The summed E-state index contributed by atoms with van der Waals surface area (Å²) in [5, 5.41) is 0. The molecule has 1 rings (SSSR count). The molecule has 0 spiro atoms. The first-order valence-electron chi connectivity index (χ1n) is 4.03. The van der Waals surface area contributed by atoms with Crippen molar-refractivity contribution < 1.29 is 21.8 Å². The highest BCUT2D eigenvalue weighted by Crippen LogP contribution is 2.17. The molecule has 84 valence electrons. The molecule has 0 amide bonds. The van der Waals surface area contributed by atoms with Gasteiger partial charge in [0.1, 0.15) is 11.6 Å². The van der Waals surface area contributed by atoms with Crippen LogP contribution in [0.3, 0.4) is 0 Å². The SMILES string of the molecule is O=S(Cc1ccc(F)cc1)CC(F)(F)F. The number of hydrogen-bond donors (Lipinski definition) is 0. The Morgan fingerprint density at radius 3 is 2.13 bits per heavy atom. The largest absolute Gasteiger partial charge is 0.400 e. The molecule has 0 aliphatic heterocycles. The van der Waals surface area contributed by atoms with Crippen LogP contribution in [0.2, 0.25) is 0 Å². The molecule has 1 aromatic carbocycles. The zero-order chi connectivity index (χ0) is 11.5. The summed E-state index contributed by atoms with van der Waals surface area (Å²) in [6.07, 6.45) is -4.43. The minimum atomic E-state index is -4.43. The van der Waals surface area contributed by atoms with Crippen molar-refractivity contribution in [3.05, 3.63) is 35.6 Å². The minimum Gasteiger partial charge on any atom is -0.259 e. The molecular formula is C9H8F4OS. The van der Waals surface area contributed by atoms with E-state index in [0.717, 1.165) is 12.1 Å². The molecule has 1 nitrogen and oxygen atoms in total. The van der Waals surface area contributed by atoms with Crippen molar-refractivity contribution in [1.29, 1.82) is 0 Å². The quantitative estimate of drug-likeness (QED) is 0.742. The fraction of sp³-hybridized carbons (Fsp3) is 0.333. The Labute approximate surface area is 86.6 Å². The lowest BCUT2D eigenvalue weighted by molar-refractivity contribution is -0.105. The van der Waals surface area contributed by atoms with Gasteiger partial charge in [0.05, 0.1) is 0 Å². The summed E-state index contributed by atoms with van der Waals surface area (Å²) < 4.78 is 58.9. The monoisotopic (exact) mass is 240 g/mol. The maximum Gasteiger partial charge on any atom is 0.400 e. The zero-order valence-electron chi connectivity index (χ0n) is 7.55. The number of rotatable bonds is 3. The van der Waals surface area contributed by atoms with Gasteiger partial charge < -0.3 is 0 Å². The van der Waals surface area contributed by atoms with Crippen LogP contribution >= 0.6 is 0 Å². The molecule has 0 N–H and O–H groups in total. The smallest absolute Gasteiger partial charge is 0.259 e. The highest BCUT2D eigenvalue weighted by Gasteiger charge is 2.30. The highest BCUT2D eigenvalue weighted by atomic mass is 32.2. The van der Waals surface area contributed by atoms with Crippen LogP contribution in [0, 0.1) is 5.82 Å². The van der Waals surface area contributed by atoms with Crippen LogP contribution in [0.5, 0.6) is 0 Å². The Kier molecular flexibility index (Phi) is 3.84. The molecule has 0 radical (unpaired) electrons. The summed E-state index contributed by atoms with van der Waals surface area (Å²) in [6.45, 7) is 0. The van der Waals surface area contributed by atoms with Crippen LogP contribution in [-0.4, -0.2) is 16.1 Å². The Morgan fingerprint density at radius 2 is 1.67 bits per heavy atom. The van der Waals surface area contributed by atoms with Gasteiger partial charge in [-0.15, -0.1) is 0 Å². The van der Waals surface area contributed by atoms with Crippen molar-refractivity contribution in [2.24, 2.45) is 0 Å². The molecule has 0 aliphatic rings. The van der Waals surface area contributed by atoms with Crippen molar-refractivity contribution in [3.63, 3.8) is 0 Å². The van der Waals surface area contributed by atoms with Gasteiger partial charge in [0, 0.05) is 16.6 Å². The van der Waals surface area contributed by atoms with Gasteiger partial charge in [0.25, 0.3) is 0 Å². The molecule has 0 heterocycles. The van der Waals surface area contributed by atoms with Crippen LogP contribution in [0.15, 0.2) is 24.3 Å². The molecule has 15 heavy (non-hydrogen) atoms. The maximum atomic E-state index is 12.4. The summed E-state index contributed by atoms with van der Waals surface area (Å²) in [7, 11) is -1.99. The van der Waals surface area contributed by atoms with E-state index in [1.807, 2.05) is 0 Å². The molecule has 0 aliphatic carbocycles. The van der Waals surface area contributed by atoms with Crippen LogP contribution in [0.4, 0.5) is 17.6 Å². The molecule has 1 aromatic rings. The Hall–Kier alpha value is -0.910. The van der Waals surface area contributed by atoms with Gasteiger partial charge in [-0.3, -0.25) is 4.21 Å². The van der Waals surface area contributed by atoms with E-state index in [4.69, 9.17) is 0 Å². The third-order valence-electron chi connectivity index (χ3n) is 1.57. The summed E-state index contributed by atoms with van der Waals surface area (Å²) in [6, 6.07) is 4.90. The minimum absolute atomic E-state index is 0.209. The second-order valence-electron chi connectivity index (χ2n) is 2.97. The number of hydrogen-bond acceptors (Lipinski definition) is 1. The molecule has 1 unspecified atom stereocenters. The second-order valence-corrected chi connectivity index (χ2v) is 4.43. The second kappa shape index (κ2) is 4.74. The van der Waals surface area contributed by atoms with Gasteiger partial charge >= 0.3 is 6.18 Å². The van der Waals surface area contributed by atoms with Gasteiger partial charge in [-0.05, 0) is 17.7 Å². The van der Waals surface area contributed by atoms with E-state index in [1.165, 1.54) is 12.1 Å². The maximum absolute atomic E-state index is 12.4. The molecule has 0 saturated heterocycles. The van der Waals surface area contributed by atoms with Crippen molar-refractivity contribution >= 4 is 10.8 Å². The summed E-state index contributed by atoms with van der Waals surface area (Å²) in [5.41, 5.74) is 0.430. The number of benzene rings is 1. The number of halogens is 4. The molecular weight excluding hydrogens is 232 g/mol. The van der Waals surface area contributed by atoms with Crippen LogP contribution in [0.25, 0.3) is 0 Å². The molecule has 6 heteroatoms. The van der Waals surface area contributed by atoms with E-state index < -0.39 is 28.5 Å². The third kappa shape index (κ3) is 4.92. The first kappa shape index (κ1) is 12.2. The lowest BCUT2D eigenvalue weighted by atomic mass is 10.2. The molecule has 0 aromatic heterocycles. The standard InChI is InChI=1S/C9H8F4OS/c10-8-3-1-7(2-4-8)5-15(14)6-9(11,12)13/h1-4H,5-6H2. The number of alkyl halides is 3. The fourth-order valence-corrected chi connectivity index (χ4v) is 2.03. The van der Waals surface area contributed by atoms with E-state index in [0.29, 0.717) is 5.56 Å². The normalized spacial score (nSPS) is 13.9. The van der Waals surface area contributed by atoms with E-state index in [-0.39, 0.29) is 5.75 Å². The Bertz CT molecular complexity index is 344. The van der Waals surface area contributed by atoms with Gasteiger partial charge in [-0.25, -0.2) is 4.39 Å². The van der Waals surface area contributed by atoms with Crippen LogP contribution in [0.1, 0.15) is 5.56 Å². The van der Waals surface area contributed by atoms with Crippen molar-refractivity contribution in [2.75, 3.05) is 5.75 Å². The van der Waals surface area contributed by atoms with Gasteiger partial charge in [0.2, 0.25) is 0 Å². The van der Waals surface area contributed by atoms with E-state index in [2.05, 4.69) is 0 Å². The van der Waals surface area contributed by atoms with Gasteiger partial charge in [0.15, 0.2) is 0 Å². The lowest BCUT2D eigenvalue weighted by Gasteiger charge is -2.05. The third-order valence-corrected chi connectivity index (χ3v) is 2.87. The van der Waals surface area contributed by atoms with Gasteiger partial charge in [-0.1, -0.05) is 12.1 Å². The average Bonchev–Trinajstić information content (AvgIpc) is 2.05. The average molecular weight is 240 g/mol. The summed E-state index contributed by atoms with van der Waals surface area (Å²) in [4.78, 5) is 0. The predicted molar refractivity (Wildman–Crippen MR) is 49.2 cm³/mol. The van der Waals surface area contributed by atoms with Crippen molar-refractivity contribution in [3.8, 4) is 0 Å². The lowest BCUT2D eigenvalue weighted by Crippen LogP contribution is -2.19. The Morgan fingerprint density at radius 1 is 1.13 bits per heavy atom. The van der Waals surface area contributed by atoms with E-state index >= 15 is 0 Å². The Balaban J connectivity index is 2.55. The molecule has 0 saturated carbocycles. The van der Waals surface area contributed by atoms with Crippen LogP contribution in [-0.2, 0) is 16.6 Å². The van der Waals surface area contributed by atoms with Crippen molar-refractivity contribution in [1.82, 2.24) is 0 Å². The summed E-state index contributed by atoms with van der Waals surface area (Å²) >= 11 is 0. The first-order chi connectivity index (χ1) is 6.87.